The number of thiazole rings is 1. The van der Waals surface area contributed by atoms with E-state index in [-0.39, 0.29) is 5.91 Å². The van der Waals surface area contributed by atoms with E-state index in [1.54, 1.807) is 24.5 Å². The maximum Gasteiger partial charge on any atom is 0.255 e. The van der Waals surface area contributed by atoms with Gasteiger partial charge in [0.2, 0.25) is 0 Å². The summed E-state index contributed by atoms with van der Waals surface area (Å²) in [5.74, 6) is 1.96. The molecule has 36 heavy (non-hydrogen) atoms. The standard InChI is InChI=1S/C28H30N4O3S/c1-20-12-13-24(34-2)25-26(20)36-28(30-25)32-18-16-31(17-19-32)15-14-29-27(33)22-10-6-7-11-23(22)35-21-8-4-3-5-9-21/h3-13H,14-19H2,1-2H3,(H,29,33). The molecule has 1 amide bonds. The van der Waals surface area contributed by atoms with E-state index in [2.05, 4.69) is 28.1 Å². The molecular formula is C28H30N4O3S. The van der Waals surface area contributed by atoms with E-state index in [9.17, 15) is 4.79 Å². The van der Waals surface area contributed by atoms with Crippen molar-refractivity contribution in [3.8, 4) is 17.2 Å². The molecule has 8 heteroatoms. The number of nitrogens with one attached hydrogen (secondary N) is 1. The number of carbonyl (C=O) groups is 1. The van der Waals surface area contributed by atoms with E-state index >= 15 is 0 Å². The Kier molecular flexibility index (Phi) is 7.34. The highest BCUT2D eigenvalue weighted by atomic mass is 32.1. The molecule has 4 aromatic rings. The van der Waals surface area contributed by atoms with Gasteiger partial charge in [-0.1, -0.05) is 47.7 Å². The largest absolute Gasteiger partial charge is 0.494 e. The maximum absolute atomic E-state index is 12.9. The van der Waals surface area contributed by atoms with Gasteiger partial charge in [-0.2, -0.15) is 0 Å². The Labute approximate surface area is 215 Å². The first-order chi connectivity index (χ1) is 17.6. The summed E-state index contributed by atoms with van der Waals surface area (Å²) in [7, 11) is 1.69. The molecule has 0 aliphatic carbocycles. The lowest BCUT2D eigenvalue weighted by Crippen LogP contribution is -2.48. The molecule has 1 aliphatic rings. The van der Waals surface area contributed by atoms with Crippen LogP contribution in [0.3, 0.4) is 0 Å². The van der Waals surface area contributed by atoms with E-state index in [1.165, 1.54) is 10.3 Å². The molecule has 186 valence electrons. The van der Waals surface area contributed by atoms with Crippen molar-refractivity contribution in [3.63, 3.8) is 0 Å². The smallest absolute Gasteiger partial charge is 0.255 e. The van der Waals surface area contributed by atoms with Crippen molar-refractivity contribution in [2.75, 3.05) is 51.3 Å². The number of aromatic nitrogens is 1. The number of nitrogens with zero attached hydrogens (tertiary/aromatic N) is 3. The molecule has 2 heterocycles. The molecule has 1 aliphatic heterocycles. The van der Waals surface area contributed by atoms with Crippen LogP contribution in [0, 0.1) is 6.92 Å². The van der Waals surface area contributed by atoms with Gasteiger partial charge in [0.15, 0.2) is 5.13 Å². The van der Waals surface area contributed by atoms with Gasteiger partial charge in [-0.05, 0) is 42.8 Å². The predicted octanol–water partition coefficient (Wildman–Crippen LogP) is 4.96. The van der Waals surface area contributed by atoms with Gasteiger partial charge < -0.3 is 19.7 Å². The fourth-order valence-electron chi connectivity index (χ4n) is 4.34. The van der Waals surface area contributed by atoms with Crippen LogP contribution in [0.1, 0.15) is 15.9 Å². The Hall–Kier alpha value is -3.62. The molecule has 0 unspecified atom stereocenters. The summed E-state index contributed by atoms with van der Waals surface area (Å²) < 4.78 is 12.6. The Morgan fingerprint density at radius 1 is 0.972 bits per heavy atom. The van der Waals surface area contributed by atoms with Gasteiger partial charge in [0.05, 0.1) is 17.4 Å². The summed E-state index contributed by atoms with van der Waals surface area (Å²) in [6, 6.07) is 20.9. The van der Waals surface area contributed by atoms with Crippen molar-refractivity contribution >= 4 is 32.6 Å². The number of rotatable bonds is 8. The number of hydrogen-bond acceptors (Lipinski definition) is 7. The van der Waals surface area contributed by atoms with Crippen molar-refractivity contribution in [1.82, 2.24) is 15.2 Å². The number of benzene rings is 3. The highest BCUT2D eigenvalue weighted by Gasteiger charge is 2.21. The van der Waals surface area contributed by atoms with Crippen LogP contribution in [0.5, 0.6) is 17.2 Å². The summed E-state index contributed by atoms with van der Waals surface area (Å²) in [5, 5.41) is 4.10. The Balaban J connectivity index is 1.13. The van der Waals surface area contributed by atoms with Gasteiger partial charge in [0.1, 0.15) is 22.8 Å². The maximum atomic E-state index is 12.9. The zero-order valence-electron chi connectivity index (χ0n) is 20.6. The third-order valence-corrected chi connectivity index (χ3v) is 7.62. The molecule has 0 bridgehead atoms. The molecule has 0 spiro atoms. The number of ether oxygens (including phenoxy) is 2. The monoisotopic (exact) mass is 502 g/mol. The van der Waals surface area contributed by atoms with Crippen LogP contribution >= 0.6 is 11.3 Å². The second-order valence-corrected chi connectivity index (χ2v) is 9.73. The van der Waals surface area contributed by atoms with Crippen LogP contribution in [0.25, 0.3) is 10.2 Å². The lowest BCUT2D eigenvalue weighted by molar-refractivity contribution is 0.0945. The molecule has 5 rings (SSSR count). The van der Waals surface area contributed by atoms with Crippen molar-refractivity contribution in [2.45, 2.75) is 6.92 Å². The number of fused-ring (bicyclic) bond motifs is 1. The lowest BCUT2D eigenvalue weighted by Gasteiger charge is -2.34. The quantitative estimate of drug-likeness (QED) is 0.368. The van der Waals surface area contributed by atoms with Crippen LogP contribution in [0.15, 0.2) is 66.7 Å². The van der Waals surface area contributed by atoms with Gasteiger partial charge in [-0.15, -0.1) is 0 Å². The van der Waals surface area contributed by atoms with Gasteiger partial charge in [0, 0.05) is 39.3 Å². The van der Waals surface area contributed by atoms with Crippen LogP contribution in [-0.2, 0) is 0 Å². The van der Waals surface area contributed by atoms with E-state index in [4.69, 9.17) is 14.5 Å². The van der Waals surface area contributed by atoms with Gasteiger partial charge in [0.25, 0.3) is 5.91 Å². The minimum atomic E-state index is -0.126. The Morgan fingerprint density at radius 2 is 1.72 bits per heavy atom. The normalized spacial score (nSPS) is 14.1. The molecule has 7 nitrogen and oxygen atoms in total. The highest BCUT2D eigenvalue weighted by Crippen LogP contribution is 2.36. The van der Waals surface area contributed by atoms with Crippen LogP contribution in [0.4, 0.5) is 5.13 Å². The van der Waals surface area contributed by atoms with Crippen molar-refractivity contribution in [3.05, 3.63) is 77.9 Å². The highest BCUT2D eigenvalue weighted by molar-refractivity contribution is 7.22. The lowest BCUT2D eigenvalue weighted by atomic mass is 10.2. The van der Waals surface area contributed by atoms with E-state index in [0.717, 1.165) is 49.1 Å². The molecule has 3 aromatic carbocycles. The molecule has 0 saturated carbocycles. The molecule has 1 saturated heterocycles. The Morgan fingerprint density at radius 3 is 2.50 bits per heavy atom. The number of carbonyl (C=O) groups excluding carboxylic acids is 1. The molecule has 1 N–H and O–H groups in total. The zero-order valence-corrected chi connectivity index (χ0v) is 21.4. The minimum absolute atomic E-state index is 0.126. The van der Waals surface area contributed by atoms with Crippen molar-refractivity contribution in [1.29, 1.82) is 0 Å². The first-order valence-electron chi connectivity index (χ1n) is 12.1. The number of hydrogen-bond donors (Lipinski definition) is 1. The SMILES string of the molecule is COc1ccc(C)c2sc(N3CCN(CCNC(=O)c4ccccc4Oc4ccccc4)CC3)nc12. The number of anilines is 1. The minimum Gasteiger partial charge on any atom is -0.494 e. The summed E-state index contributed by atoms with van der Waals surface area (Å²) >= 11 is 1.73. The first-order valence-corrected chi connectivity index (χ1v) is 13.0. The summed E-state index contributed by atoms with van der Waals surface area (Å²) in [5.41, 5.74) is 2.70. The first kappa shape index (κ1) is 24.1. The number of amides is 1. The average molecular weight is 503 g/mol. The van der Waals surface area contributed by atoms with Crippen LogP contribution < -0.4 is 19.7 Å². The predicted molar refractivity (Wildman–Crippen MR) is 145 cm³/mol. The Bertz CT molecular complexity index is 1330. The third kappa shape index (κ3) is 5.29. The average Bonchev–Trinajstić information content (AvgIpc) is 3.37. The summed E-state index contributed by atoms with van der Waals surface area (Å²) in [6.07, 6.45) is 0. The molecule has 1 aromatic heterocycles. The number of aryl methyl sites for hydroxylation is 1. The summed E-state index contributed by atoms with van der Waals surface area (Å²) in [4.78, 5) is 22.5. The van der Waals surface area contributed by atoms with E-state index < -0.39 is 0 Å². The molecule has 1 fully saturated rings. The van der Waals surface area contributed by atoms with Crippen LogP contribution in [-0.4, -0.2) is 62.2 Å². The van der Waals surface area contributed by atoms with Crippen LogP contribution in [0.2, 0.25) is 0 Å². The van der Waals surface area contributed by atoms with Gasteiger partial charge in [-0.3, -0.25) is 9.69 Å². The fraction of sp³-hybridized carbons (Fsp3) is 0.286. The van der Waals surface area contributed by atoms with Crippen molar-refractivity contribution in [2.24, 2.45) is 0 Å². The number of para-hydroxylation sites is 2. The summed E-state index contributed by atoms with van der Waals surface area (Å²) in [6.45, 7) is 7.16. The van der Waals surface area contributed by atoms with E-state index in [0.29, 0.717) is 23.6 Å². The van der Waals surface area contributed by atoms with E-state index in [1.807, 2.05) is 54.6 Å². The van der Waals surface area contributed by atoms with Crippen molar-refractivity contribution < 1.29 is 14.3 Å². The van der Waals surface area contributed by atoms with Gasteiger partial charge in [-0.25, -0.2) is 4.98 Å². The molecule has 0 atom stereocenters. The molecular weight excluding hydrogens is 472 g/mol. The molecule has 0 radical (unpaired) electrons. The second kappa shape index (κ2) is 11.0. The topological polar surface area (TPSA) is 66.9 Å². The number of methoxy groups -OCH3 is 1. The zero-order chi connectivity index (χ0) is 24.9. The van der Waals surface area contributed by atoms with Gasteiger partial charge >= 0.3 is 0 Å². The third-order valence-electron chi connectivity index (χ3n) is 6.37. The fourth-order valence-corrected chi connectivity index (χ4v) is 5.45. The second-order valence-electron chi connectivity index (χ2n) is 8.75. The number of piperazine rings is 1.